The molecule has 1 aromatic rings. The van der Waals surface area contributed by atoms with Crippen molar-refractivity contribution in [2.75, 3.05) is 11.9 Å². The zero-order chi connectivity index (χ0) is 12.7. The van der Waals surface area contributed by atoms with Gasteiger partial charge in [-0.1, -0.05) is 32.0 Å². The maximum absolute atomic E-state index is 11.6. The van der Waals surface area contributed by atoms with Gasteiger partial charge >= 0.3 is 6.03 Å². The number of carbonyl (C=O) groups is 1. The predicted octanol–water partition coefficient (Wildman–Crippen LogP) is 2.36. The quantitative estimate of drug-likeness (QED) is 0.735. The molecule has 4 heteroatoms. The highest BCUT2D eigenvalue weighted by Gasteiger charge is 2.22. The van der Waals surface area contributed by atoms with Crippen LogP contribution in [0.15, 0.2) is 30.3 Å². The zero-order valence-corrected chi connectivity index (χ0v) is 10.4. The Balaban J connectivity index is 2.41. The number of hydrogen-bond acceptors (Lipinski definition) is 2. The van der Waals surface area contributed by atoms with Crippen molar-refractivity contribution in [1.29, 1.82) is 0 Å². The number of hydrogen-bond donors (Lipinski definition) is 3. The molecule has 2 amide bonds. The third kappa shape index (κ3) is 4.44. The van der Waals surface area contributed by atoms with Crippen LogP contribution in [0.3, 0.4) is 0 Å². The van der Waals surface area contributed by atoms with Gasteiger partial charge < -0.3 is 15.7 Å². The molecule has 0 saturated carbocycles. The Morgan fingerprint density at radius 2 is 1.82 bits per heavy atom. The second-order valence-electron chi connectivity index (χ2n) is 4.11. The summed E-state index contributed by atoms with van der Waals surface area (Å²) in [6.45, 7) is 4.07. The molecule has 0 atom stereocenters. The lowest BCUT2D eigenvalue weighted by atomic mass is 9.98. The van der Waals surface area contributed by atoms with E-state index >= 15 is 0 Å². The highest BCUT2D eigenvalue weighted by Crippen LogP contribution is 2.13. The van der Waals surface area contributed by atoms with Crippen molar-refractivity contribution < 1.29 is 9.90 Å². The topological polar surface area (TPSA) is 61.4 Å². The Morgan fingerprint density at radius 3 is 2.35 bits per heavy atom. The van der Waals surface area contributed by atoms with Gasteiger partial charge in [0.05, 0.1) is 5.60 Å². The third-order valence-electron chi connectivity index (χ3n) is 2.93. The van der Waals surface area contributed by atoms with Crippen molar-refractivity contribution in [3.8, 4) is 0 Å². The average molecular weight is 236 g/mol. The van der Waals surface area contributed by atoms with Gasteiger partial charge in [0.1, 0.15) is 0 Å². The van der Waals surface area contributed by atoms with E-state index in [4.69, 9.17) is 0 Å². The van der Waals surface area contributed by atoms with Gasteiger partial charge in [0.25, 0.3) is 0 Å². The molecule has 0 aromatic heterocycles. The summed E-state index contributed by atoms with van der Waals surface area (Å²) in [6.07, 6.45) is 1.24. The normalized spacial score (nSPS) is 11.0. The fourth-order valence-corrected chi connectivity index (χ4v) is 1.44. The Bertz CT molecular complexity index is 348. The van der Waals surface area contributed by atoms with Crippen LogP contribution >= 0.6 is 0 Å². The largest absolute Gasteiger partial charge is 0.388 e. The summed E-state index contributed by atoms with van der Waals surface area (Å²) in [5.74, 6) is 0. The molecule has 3 N–H and O–H groups in total. The molecule has 0 bridgehead atoms. The van der Waals surface area contributed by atoms with E-state index in [1.165, 1.54) is 0 Å². The fourth-order valence-electron chi connectivity index (χ4n) is 1.44. The number of rotatable bonds is 5. The second kappa shape index (κ2) is 6.25. The van der Waals surface area contributed by atoms with Crippen molar-refractivity contribution in [3.05, 3.63) is 30.3 Å². The molecule has 0 radical (unpaired) electrons. The van der Waals surface area contributed by atoms with E-state index in [0.717, 1.165) is 5.69 Å². The van der Waals surface area contributed by atoms with Crippen molar-refractivity contribution >= 4 is 11.7 Å². The first-order chi connectivity index (χ1) is 8.09. The van der Waals surface area contributed by atoms with E-state index in [-0.39, 0.29) is 12.6 Å². The van der Waals surface area contributed by atoms with Crippen LogP contribution in [-0.2, 0) is 0 Å². The minimum atomic E-state index is -0.811. The first kappa shape index (κ1) is 13.5. The Labute approximate surface area is 102 Å². The molecular weight excluding hydrogens is 216 g/mol. The number of amides is 2. The molecular formula is C13H20N2O2. The Kier molecular flexibility index (Phi) is 4.97. The number of anilines is 1. The molecule has 1 aromatic carbocycles. The van der Waals surface area contributed by atoms with Crippen LogP contribution in [0.4, 0.5) is 10.5 Å². The van der Waals surface area contributed by atoms with E-state index in [1.807, 2.05) is 44.2 Å². The van der Waals surface area contributed by atoms with E-state index in [1.54, 1.807) is 0 Å². The molecule has 4 nitrogen and oxygen atoms in total. The monoisotopic (exact) mass is 236 g/mol. The molecule has 17 heavy (non-hydrogen) atoms. The van der Waals surface area contributed by atoms with Crippen LogP contribution in [0.1, 0.15) is 26.7 Å². The van der Waals surface area contributed by atoms with Crippen molar-refractivity contribution in [3.63, 3.8) is 0 Å². The van der Waals surface area contributed by atoms with Gasteiger partial charge in [-0.25, -0.2) is 4.79 Å². The fraction of sp³-hybridized carbons (Fsp3) is 0.462. The lowest BCUT2D eigenvalue weighted by Crippen LogP contribution is -2.43. The van der Waals surface area contributed by atoms with Crippen molar-refractivity contribution in [1.82, 2.24) is 5.32 Å². The van der Waals surface area contributed by atoms with Gasteiger partial charge in [-0.05, 0) is 25.0 Å². The molecule has 0 aliphatic heterocycles. The van der Waals surface area contributed by atoms with E-state index in [0.29, 0.717) is 12.8 Å². The molecule has 0 aliphatic rings. The Morgan fingerprint density at radius 1 is 1.24 bits per heavy atom. The number of para-hydroxylation sites is 1. The van der Waals surface area contributed by atoms with E-state index in [9.17, 15) is 9.90 Å². The Hall–Kier alpha value is -1.55. The maximum Gasteiger partial charge on any atom is 0.319 e. The van der Waals surface area contributed by atoms with Gasteiger partial charge in [0.2, 0.25) is 0 Å². The number of urea groups is 1. The average Bonchev–Trinajstić information content (AvgIpc) is 2.37. The molecule has 0 heterocycles. The minimum Gasteiger partial charge on any atom is -0.388 e. The summed E-state index contributed by atoms with van der Waals surface area (Å²) in [5.41, 5.74) is -0.0739. The van der Waals surface area contributed by atoms with E-state index in [2.05, 4.69) is 10.6 Å². The maximum atomic E-state index is 11.6. The molecule has 0 aliphatic carbocycles. The SMILES string of the molecule is CCC(O)(CC)CNC(=O)Nc1ccccc1. The van der Waals surface area contributed by atoms with Gasteiger partial charge in [-0.15, -0.1) is 0 Å². The van der Waals surface area contributed by atoms with Crippen LogP contribution in [0, 0.1) is 0 Å². The summed E-state index contributed by atoms with van der Waals surface area (Å²) in [6, 6.07) is 8.91. The summed E-state index contributed by atoms with van der Waals surface area (Å²) in [4.78, 5) is 11.6. The summed E-state index contributed by atoms with van der Waals surface area (Å²) in [5, 5.41) is 15.4. The number of aliphatic hydroxyl groups is 1. The smallest absolute Gasteiger partial charge is 0.319 e. The number of benzene rings is 1. The highest BCUT2D eigenvalue weighted by atomic mass is 16.3. The van der Waals surface area contributed by atoms with Crippen LogP contribution in [0.25, 0.3) is 0 Å². The van der Waals surface area contributed by atoms with Gasteiger partial charge in [0, 0.05) is 12.2 Å². The van der Waals surface area contributed by atoms with E-state index < -0.39 is 5.60 Å². The van der Waals surface area contributed by atoms with Crippen LogP contribution in [0.5, 0.6) is 0 Å². The summed E-state index contributed by atoms with van der Waals surface area (Å²) < 4.78 is 0. The summed E-state index contributed by atoms with van der Waals surface area (Å²) in [7, 11) is 0. The molecule has 94 valence electrons. The van der Waals surface area contributed by atoms with Gasteiger partial charge in [-0.3, -0.25) is 0 Å². The van der Waals surface area contributed by atoms with Gasteiger partial charge in [0.15, 0.2) is 0 Å². The van der Waals surface area contributed by atoms with Gasteiger partial charge in [-0.2, -0.15) is 0 Å². The lowest BCUT2D eigenvalue weighted by molar-refractivity contribution is 0.0354. The second-order valence-corrected chi connectivity index (χ2v) is 4.11. The van der Waals surface area contributed by atoms with Crippen molar-refractivity contribution in [2.24, 2.45) is 0 Å². The molecule has 0 spiro atoms. The molecule has 0 fully saturated rings. The molecule has 0 saturated heterocycles. The van der Waals surface area contributed by atoms with Crippen LogP contribution in [0.2, 0.25) is 0 Å². The standard InChI is InChI=1S/C13H20N2O2/c1-3-13(17,4-2)10-14-12(16)15-11-8-6-5-7-9-11/h5-9,17H,3-4,10H2,1-2H3,(H2,14,15,16). The lowest BCUT2D eigenvalue weighted by Gasteiger charge is -2.25. The first-order valence-electron chi connectivity index (χ1n) is 5.92. The third-order valence-corrected chi connectivity index (χ3v) is 2.93. The minimum absolute atomic E-state index is 0.263. The number of nitrogens with one attached hydrogen (secondary N) is 2. The van der Waals surface area contributed by atoms with Crippen LogP contribution in [-0.4, -0.2) is 23.3 Å². The zero-order valence-electron chi connectivity index (χ0n) is 10.4. The number of carbonyl (C=O) groups excluding carboxylic acids is 1. The predicted molar refractivity (Wildman–Crippen MR) is 69.0 cm³/mol. The van der Waals surface area contributed by atoms with Crippen molar-refractivity contribution in [2.45, 2.75) is 32.3 Å². The first-order valence-corrected chi connectivity index (χ1v) is 5.92. The molecule has 1 rings (SSSR count). The molecule has 0 unspecified atom stereocenters. The summed E-state index contributed by atoms with van der Waals surface area (Å²) >= 11 is 0. The van der Waals surface area contributed by atoms with Crippen LogP contribution < -0.4 is 10.6 Å². The highest BCUT2D eigenvalue weighted by molar-refractivity contribution is 5.89.